The third-order valence-electron chi connectivity index (χ3n) is 4.48. The number of nitrogens with one attached hydrogen (secondary N) is 1. The zero-order valence-corrected chi connectivity index (χ0v) is 15.1. The van der Waals surface area contributed by atoms with E-state index in [1.54, 1.807) is 12.1 Å². The van der Waals surface area contributed by atoms with Crippen LogP contribution >= 0.6 is 0 Å². The van der Waals surface area contributed by atoms with E-state index in [9.17, 15) is 4.79 Å². The van der Waals surface area contributed by atoms with Crippen LogP contribution in [0.5, 0.6) is 5.75 Å². The Bertz CT molecular complexity index is 840. The Kier molecular flexibility index (Phi) is 5.53. The number of amides is 1. The number of anilines is 1. The summed E-state index contributed by atoms with van der Waals surface area (Å²) >= 11 is 0. The summed E-state index contributed by atoms with van der Waals surface area (Å²) in [7, 11) is 0. The molecular weight excluding hydrogens is 328 g/mol. The maximum absolute atomic E-state index is 12.1. The highest BCUT2D eigenvalue weighted by atomic mass is 16.5. The molecule has 0 aliphatic rings. The summed E-state index contributed by atoms with van der Waals surface area (Å²) < 4.78 is 7.73. The monoisotopic (exact) mass is 352 g/mol. The van der Waals surface area contributed by atoms with Gasteiger partial charge in [-0.25, -0.2) is 4.98 Å². The van der Waals surface area contributed by atoms with Gasteiger partial charge >= 0.3 is 0 Å². The molecule has 0 aliphatic heterocycles. The molecule has 0 saturated heterocycles. The van der Waals surface area contributed by atoms with Crippen LogP contribution in [-0.4, -0.2) is 21.3 Å². The second kappa shape index (κ2) is 8.01. The Labute approximate surface area is 153 Å². The molecule has 0 aliphatic carbocycles. The summed E-state index contributed by atoms with van der Waals surface area (Å²) in [5.74, 6) is 0.687. The lowest BCUT2D eigenvalue weighted by Crippen LogP contribution is -2.40. The number of hydrogen-bond donors (Lipinski definition) is 2. The minimum Gasteiger partial charge on any atom is -0.487 e. The van der Waals surface area contributed by atoms with Crippen molar-refractivity contribution in [1.82, 2.24) is 9.38 Å². The van der Waals surface area contributed by atoms with Gasteiger partial charge in [-0.1, -0.05) is 26.3 Å². The van der Waals surface area contributed by atoms with Crippen molar-refractivity contribution in [3.63, 3.8) is 0 Å². The molecular formula is C20H24N4O2. The van der Waals surface area contributed by atoms with Crippen LogP contribution in [-0.2, 0) is 11.4 Å². The first-order valence-electron chi connectivity index (χ1n) is 8.78. The highest BCUT2D eigenvalue weighted by molar-refractivity contribution is 5.94. The van der Waals surface area contributed by atoms with Gasteiger partial charge in [-0.05, 0) is 42.3 Å². The molecule has 0 spiro atoms. The molecule has 6 heteroatoms. The molecule has 136 valence electrons. The highest BCUT2D eigenvalue weighted by Crippen LogP contribution is 2.18. The molecule has 26 heavy (non-hydrogen) atoms. The molecule has 3 N–H and O–H groups in total. The quantitative estimate of drug-likeness (QED) is 0.684. The fourth-order valence-corrected chi connectivity index (χ4v) is 2.59. The van der Waals surface area contributed by atoms with Crippen molar-refractivity contribution >= 4 is 17.2 Å². The van der Waals surface area contributed by atoms with E-state index in [1.165, 1.54) is 0 Å². The predicted molar refractivity (Wildman–Crippen MR) is 102 cm³/mol. The van der Waals surface area contributed by atoms with Gasteiger partial charge in [0, 0.05) is 18.1 Å². The third-order valence-corrected chi connectivity index (χ3v) is 4.48. The number of rotatable bonds is 7. The molecule has 2 atom stereocenters. The van der Waals surface area contributed by atoms with Crippen molar-refractivity contribution in [2.75, 3.05) is 5.32 Å². The molecule has 2 aromatic heterocycles. The molecule has 6 nitrogen and oxygen atoms in total. The Balaban J connectivity index is 1.56. The number of benzene rings is 1. The minimum absolute atomic E-state index is 0.142. The summed E-state index contributed by atoms with van der Waals surface area (Å²) in [5.41, 5.74) is 8.40. The summed E-state index contributed by atoms with van der Waals surface area (Å²) in [6.45, 7) is 4.37. The lowest BCUT2D eigenvalue weighted by atomic mass is 9.99. The van der Waals surface area contributed by atoms with Gasteiger partial charge in [0.05, 0.1) is 11.7 Å². The molecule has 2 unspecified atom stereocenters. The number of carbonyl (C=O) groups excluding carboxylic acids is 1. The van der Waals surface area contributed by atoms with Crippen molar-refractivity contribution < 1.29 is 9.53 Å². The van der Waals surface area contributed by atoms with Gasteiger partial charge in [0.2, 0.25) is 5.91 Å². The summed E-state index contributed by atoms with van der Waals surface area (Å²) in [6, 6.07) is 12.6. The molecule has 0 bridgehead atoms. The number of pyridine rings is 1. The van der Waals surface area contributed by atoms with E-state index in [4.69, 9.17) is 10.5 Å². The van der Waals surface area contributed by atoms with Crippen LogP contribution in [0.1, 0.15) is 26.0 Å². The number of aromatic nitrogens is 2. The van der Waals surface area contributed by atoms with Crippen LogP contribution < -0.4 is 15.8 Å². The molecule has 3 rings (SSSR count). The van der Waals surface area contributed by atoms with Gasteiger partial charge in [0.1, 0.15) is 18.0 Å². The first kappa shape index (κ1) is 17.9. The zero-order valence-electron chi connectivity index (χ0n) is 15.1. The second-order valence-electron chi connectivity index (χ2n) is 6.41. The average molecular weight is 352 g/mol. The molecule has 3 aromatic rings. The first-order chi connectivity index (χ1) is 12.6. The largest absolute Gasteiger partial charge is 0.487 e. The summed E-state index contributed by atoms with van der Waals surface area (Å²) in [5, 5.41) is 2.84. The number of fused-ring (bicyclic) bond motifs is 1. The van der Waals surface area contributed by atoms with Crippen molar-refractivity contribution in [2.24, 2.45) is 11.7 Å². The van der Waals surface area contributed by atoms with Gasteiger partial charge in [0.15, 0.2) is 0 Å². The van der Waals surface area contributed by atoms with E-state index < -0.39 is 6.04 Å². The smallest absolute Gasteiger partial charge is 0.241 e. The van der Waals surface area contributed by atoms with Crippen LogP contribution in [0.15, 0.2) is 54.9 Å². The SMILES string of the molecule is CCC(C)C(N)C(=O)Nc1ccc(OCc2cn3ccccc3n2)cc1. The van der Waals surface area contributed by atoms with E-state index in [2.05, 4.69) is 10.3 Å². The predicted octanol–water partition coefficient (Wildman–Crippen LogP) is 3.23. The fourth-order valence-electron chi connectivity index (χ4n) is 2.59. The summed E-state index contributed by atoms with van der Waals surface area (Å²) in [4.78, 5) is 16.6. The average Bonchev–Trinajstić information content (AvgIpc) is 3.09. The Morgan fingerprint density at radius 1 is 1.27 bits per heavy atom. The zero-order chi connectivity index (χ0) is 18.5. The van der Waals surface area contributed by atoms with Gasteiger partial charge in [-0.2, -0.15) is 0 Å². The van der Waals surface area contributed by atoms with Gasteiger partial charge in [-0.15, -0.1) is 0 Å². The van der Waals surface area contributed by atoms with Gasteiger partial charge < -0.3 is 20.2 Å². The maximum atomic E-state index is 12.1. The minimum atomic E-state index is -0.508. The number of carbonyl (C=O) groups is 1. The van der Waals surface area contributed by atoms with Crippen LogP contribution in [0.2, 0.25) is 0 Å². The lowest BCUT2D eigenvalue weighted by molar-refractivity contribution is -0.118. The molecule has 1 aromatic carbocycles. The Morgan fingerprint density at radius 2 is 2.04 bits per heavy atom. The lowest BCUT2D eigenvalue weighted by Gasteiger charge is -2.17. The van der Waals surface area contributed by atoms with Crippen molar-refractivity contribution in [1.29, 1.82) is 0 Å². The van der Waals surface area contributed by atoms with Crippen molar-refractivity contribution in [3.8, 4) is 5.75 Å². The van der Waals surface area contributed by atoms with Crippen molar-refractivity contribution in [2.45, 2.75) is 32.9 Å². The molecule has 0 saturated carbocycles. The van der Waals surface area contributed by atoms with E-state index in [1.807, 2.05) is 61.0 Å². The van der Waals surface area contributed by atoms with Crippen LogP contribution in [0.4, 0.5) is 5.69 Å². The molecule has 2 heterocycles. The highest BCUT2D eigenvalue weighted by Gasteiger charge is 2.19. The van der Waals surface area contributed by atoms with Crippen LogP contribution in [0.25, 0.3) is 5.65 Å². The van der Waals surface area contributed by atoms with E-state index in [0.717, 1.165) is 17.8 Å². The third kappa shape index (κ3) is 4.21. The van der Waals surface area contributed by atoms with E-state index in [0.29, 0.717) is 18.0 Å². The van der Waals surface area contributed by atoms with Crippen LogP contribution in [0.3, 0.4) is 0 Å². The van der Waals surface area contributed by atoms with Gasteiger partial charge in [-0.3, -0.25) is 4.79 Å². The van der Waals surface area contributed by atoms with Gasteiger partial charge in [0.25, 0.3) is 0 Å². The number of hydrogen-bond acceptors (Lipinski definition) is 4. The number of ether oxygens (including phenoxy) is 1. The Morgan fingerprint density at radius 3 is 2.73 bits per heavy atom. The molecule has 1 amide bonds. The fraction of sp³-hybridized carbons (Fsp3) is 0.300. The van der Waals surface area contributed by atoms with E-state index >= 15 is 0 Å². The Hall–Kier alpha value is -2.86. The van der Waals surface area contributed by atoms with E-state index in [-0.39, 0.29) is 11.8 Å². The number of imidazole rings is 1. The van der Waals surface area contributed by atoms with Crippen molar-refractivity contribution in [3.05, 3.63) is 60.6 Å². The number of nitrogens with two attached hydrogens (primary N) is 1. The normalized spacial score (nSPS) is 13.3. The topological polar surface area (TPSA) is 81.7 Å². The number of nitrogens with zero attached hydrogens (tertiary/aromatic N) is 2. The first-order valence-corrected chi connectivity index (χ1v) is 8.78. The second-order valence-corrected chi connectivity index (χ2v) is 6.41. The standard InChI is InChI=1S/C20H24N4O2/c1-3-14(2)19(21)20(25)23-15-7-9-17(10-8-15)26-13-16-12-24-11-5-4-6-18(24)22-16/h4-12,14,19H,3,13,21H2,1-2H3,(H,23,25). The summed E-state index contributed by atoms with van der Waals surface area (Å²) in [6.07, 6.45) is 4.76. The maximum Gasteiger partial charge on any atom is 0.241 e. The molecule has 0 fully saturated rings. The molecule has 0 radical (unpaired) electrons. The van der Waals surface area contributed by atoms with Crippen LogP contribution in [0, 0.1) is 5.92 Å².